The fraction of sp³-hybridized carbons (Fsp3) is 1.00. The van der Waals surface area contributed by atoms with E-state index in [4.69, 9.17) is 36.2 Å². The predicted molar refractivity (Wildman–Crippen MR) is 146 cm³/mol. The Kier molecular flexibility index (Phi) is 15.7. The standard InChI is InChI=1S/C20H45N3O12P4/c1-9-28-36(24,29-10-2)19(37(25,30-11-3)31-12-4)17-23-18-20(21-22-23,38(26,32-13-5)33-14-6)39(27,34-15-7)35-16-8/h19H,9-18H2,1-8H3. The van der Waals surface area contributed by atoms with Gasteiger partial charge < -0.3 is 36.2 Å². The van der Waals surface area contributed by atoms with Gasteiger partial charge in [0.1, 0.15) is 0 Å². The second-order valence-electron chi connectivity index (χ2n) is 7.71. The molecule has 0 aromatic heterocycles. The summed E-state index contributed by atoms with van der Waals surface area (Å²) in [4.78, 5) is 0. The smallest absolute Gasteiger partial charge is 0.308 e. The minimum absolute atomic E-state index is 0.0226. The van der Waals surface area contributed by atoms with Gasteiger partial charge in [0, 0.05) is 0 Å². The highest BCUT2D eigenvalue weighted by Gasteiger charge is 2.70. The molecule has 232 valence electrons. The van der Waals surface area contributed by atoms with Crippen molar-refractivity contribution in [2.75, 3.05) is 65.9 Å². The third-order valence-electron chi connectivity index (χ3n) is 5.14. The molecule has 0 bridgehead atoms. The van der Waals surface area contributed by atoms with Crippen LogP contribution in [0.4, 0.5) is 0 Å². The summed E-state index contributed by atoms with van der Waals surface area (Å²) < 4.78 is 101. The van der Waals surface area contributed by atoms with Crippen LogP contribution in [-0.4, -0.2) is 81.4 Å². The van der Waals surface area contributed by atoms with Crippen LogP contribution in [0, 0.1) is 0 Å². The summed E-state index contributed by atoms with van der Waals surface area (Å²) in [6.07, 6.45) is 0. The molecular formula is C20H45N3O12P4. The fourth-order valence-electron chi connectivity index (χ4n) is 3.84. The Balaban J connectivity index is 3.75. The molecule has 0 saturated carbocycles. The molecule has 0 saturated heterocycles. The molecule has 0 spiro atoms. The Hall–Kier alpha value is 0.0000000000000000139. The van der Waals surface area contributed by atoms with Gasteiger partial charge in [0.15, 0.2) is 5.40 Å². The molecule has 39 heavy (non-hydrogen) atoms. The summed E-state index contributed by atoms with van der Waals surface area (Å²) in [5.41, 5.74) is 0. The Labute approximate surface area is 232 Å². The molecule has 19 heteroatoms. The molecule has 0 amide bonds. The van der Waals surface area contributed by atoms with E-state index in [0.717, 1.165) is 0 Å². The van der Waals surface area contributed by atoms with Gasteiger partial charge in [-0.2, -0.15) is 0 Å². The molecule has 0 radical (unpaired) electrons. The van der Waals surface area contributed by atoms with Crippen LogP contribution in [0.25, 0.3) is 0 Å². The van der Waals surface area contributed by atoms with E-state index in [-0.39, 0.29) is 52.9 Å². The van der Waals surface area contributed by atoms with Crippen molar-refractivity contribution in [3.05, 3.63) is 0 Å². The minimum atomic E-state index is -4.37. The molecule has 0 aromatic carbocycles. The molecule has 0 fully saturated rings. The van der Waals surface area contributed by atoms with Crippen LogP contribution >= 0.6 is 30.4 Å². The molecule has 1 aliphatic rings. The highest BCUT2D eigenvalue weighted by Crippen LogP contribution is 2.80. The van der Waals surface area contributed by atoms with E-state index in [1.54, 1.807) is 55.4 Å². The molecule has 0 aromatic rings. The van der Waals surface area contributed by atoms with Crippen LogP contribution in [-0.2, 0) is 54.5 Å². The van der Waals surface area contributed by atoms with E-state index in [1.165, 1.54) is 5.01 Å². The first-order chi connectivity index (χ1) is 18.4. The summed E-state index contributed by atoms with van der Waals surface area (Å²) in [6, 6.07) is 0. The normalized spacial score (nSPS) is 16.5. The average molecular weight is 643 g/mol. The van der Waals surface area contributed by atoms with Crippen LogP contribution in [0.3, 0.4) is 0 Å². The molecule has 0 unspecified atom stereocenters. The van der Waals surface area contributed by atoms with Gasteiger partial charge in [-0.15, -0.1) is 5.11 Å². The van der Waals surface area contributed by atoms with Crippen LogP contribution in [0.2, 0.25) is 0 Å². The first kappa shape index (κ1) is 37.0. The summed E-state index contributed by atoms with van der Waals surface area (Å²) in [7, 11) is -17.1. The van der Waals surface area contributed by atoms with Gasteiger partial charge in [-0.3, -0.25) is 23.3 Å². The van der Waals surface area contributed by atoms with E-state index < -0.39 is 53.9 Å². The molecule has 0 atom stereocenters. The maximum absolute atomic E-state index is 14.2. The topological polar surface area (TPSA) is 170 Å². The zero-order chi connectivity index (χ0) is 29.8. The Morgan fingerprint density at radius 3 is 1.18 bits per heavy atom. The van der Waals surface area contributed by atoms with Crippen molar-refractivity contribution >= 4 is 30.4 Å². The lowest BCUT2D eigenvalue weighted by Crippen LogP contribution is -2.39. The lowest BCUT2D eigenvalue weighted by atomic mass is 10.6. The van der Waals surface area contributed by atoms with Crippen molar-refractivity contribution in [2.45, 2.75) is 65.8 Å². The van der Waals surface area contributed by atoms with Crippen LogP contribution in [0.5, 0.6) is 0 Å². The highest BCUT2D eigenvalue weighted by molar-refractivity contribution is 7.74. The fourth-order valence-corrected chi connectivity index (χ4v) is 14.3. The molecular weight excluding hydrogens is 598 g/mol. The summed E-state index contributed by atoms with van der Waals surface area (Å²) in [5.74, 6) is 0. The minimum Gasteiger partial charge on any atom is -0.308 e. The van der Waals surface area contributed by atoms with E-state index in [2.05, 4.69) is 10.3 Å². The zero-order valence-corrected chi connectivity index (χ0v) is 27.8. The van der Waals surface area contributed by atoms with Gasteiger partial charge in [0.05, 0.1) is 65.9 Å². The number of rotatable bonds is 22. The van der Waals surface area contributed by atoms with E-state index >= 15 is 0 Å². The SMILES string of the molecule is CCOP(=O)(OCC)C(CN1CC(P(=O)(OCC)OCC)(P(=O)(OCC)OCC)N=N1)P(=O)(OCC)OCC. The molecule has 1 aliphatic heterocycles. The second-order valence-corrected chi connectivity index (χ2v) is 17.4. The highest BCUT2D eigenvalue weighted by atomic mass is 31.2. The maximum Gasteiger partial charge on any atom is 0.374 e. The van der Waals surface area contributed by atoms with Gasteiger partial charge in [0.25, 0.3) is 0 Å². The van der Waals surface area contributed by atoms with Gasteiger partial charge >= 0.3 is 35.4 Å². The largest absolute Gasteiger partial charge is 0.374 e. The number of hydrogen-bond donors (Lipinski definition) is 0. The van der Waals surface area contributed by atoms with Crippen molar-refractivity contribution in [3.63, 3.8) is 0 Å². The van der Waals surface area contributed by atoms with Crippen molar-refractivity contribution in [3.8, 4) is 0 Å². The first-order valence-electron chi connectivity index (χ1n) is 13.1. The summed E-state index contributed by atoms with van der Waals surface area (Å²) >= 11 is 0. The van der Waals surface area contributed by atoms with Crippen molar-refractivity contribution < 1.29 is 54.5 Å². The van der Waals surface area contributed by atoms with Crippen molar-refractivity contribution in [1.82, 2.24) is 5.01 Å². The third kappa shape index (κ3) is 8.31. The molecule has 0 N–H and O–H groups in total. The Morgan fingerprint density at radius 2 is 0.897 bits per heavy atom. The Bertz CT molecular complexity index is 868. The van der Waals surface area contributed by atoms with Crippen molar-refractivity contribution in [1.29, 1.82) is 0 Å². The first-order valence-corrected chi connectivity index (χ1v) is 19.4. The van der Waals surface area contributed by atoms with E-state index in [1.807, 2.05) is 0 Å². The Morgan fingerprint density at radius 1 is 0.590 bits per heavy atom. The lowest BCUT2D eigenvalue weighted by molar-refractivity contribution is 0.170. The summed E-state index contributed by atoms with van der Waals surface area (Å²) in [6.45, 7) is 11.5. The maximum atomic E-state index is 14.2. The lowest BCUT2D eigenvalue weighted by Gasteiger charge is -2.37. The predicted octanol–water partition coefficient (Wildman–Crippen LogP) is 6.71. The van der Waals surface area contributed by atoms with Crippen molar-refractivity contribution in [2.24, 2.45) is 10.3 Å². The van der Waals surface area contributed by atoms with E-state index in [0.29, 0.717) is 0 Å². The average Bonchev–Trinajstić information content (AvgIpc) is 3.30. The van der Waals surface area contributed by atoms with Crippen LogP contribution in [0.1, 0.15) is 55.4 Å². The molecule has 15 nitrogen and oxygen atoms in total. The third-order valence-corrected chi connectivity index (χ3v) is 17.2. The van der Waals surface area contributed by atoms with Gasteiger partial charge in [-0.25, -0.2) is 0 Å². The van der Waals surface area contributed by atoms with Gasteiger partial charge in [-0.05, 0) is 55.4 Å². The molecule has 1 rings (SSSR count). The number of nitrogens with zero attached hydrogens (tertiary/aromatic N) is 3. The van der Waals surface area contributed by atoms with Crippen LogP contribution < -0.4 is 0 Å². The van der Waals surface area contributed by atoms with E-state index in [9.17, 15) is 18.3 Å². The monoisotopic (exact) mass is 643 g/mol. The quantitative estimate of drug-likeness (QED) is 0.114. The van der Waals surface area contributed by atoms with Gasteiger partial charge in [-0.1, -0.05) is 5.22 Å². The van der Waals surface area contributed by atoms with Crippen LogP contribution in [0.15, 0.2) is 10.3 Å². The second kappa shape index (κ2) is 16.6. The van der Waals surface area contributed by atoms with Gasteiger partial charge in [0.2, 0.25) is 0 Å². The zero-order valence-electron chi connectivity index (χ0n) is 24.2. The number of hydrogen-bond acceptors (Lipinski definition) is 15. The molecule has 0 aliphatic carbocycles. The molecule has 1 heterocycles. The summed E-state index contributed by atoms with van der Waals surface area (Å²) in [5, 5.41) is 5.69.